The zero-order chi connectivity index (χ0) is 15.4. The molecule has 2 N–H and O–H groups in total. The van der Waals surface area contributed by atoms with E-state index in [0.717, 1.165) is 42.1 Å². The van der Waals surface area contributed by atoms with E-state index in [1.54, 1.807) is 0 Å². The van der Waals surface area contributed by atoms with Gasteiger partial charge >= 0.3 is 0 Å². The summed E-state index contributed by atoms with van der Waals surface area (Å²) in [6.45, 7) is 2.70. The van der Waals surface area contributed by atoms with Crippen molar-refractivity contribution in [3.63, 3.8) is 0 Å². The first-order valence-corrected chi connectivity index (χ1v) is 8.02. The molecule has 1 aliphatic rings. The summed E-state index contributed by atoms with van der Waals surface area (Å²) in [4.78, 5) is 11.8. The van der Waals surface area contributed by atoms with Gasteiger partial charge in [0, 0.05) is 13.0 Å². The van der Waals surface area contributed by atoms with E-state index in [0.29, 0.717) is 6.42 Å². The van der Waals surface area contributed by atoms with Gasteiger partial charge in [-0.2, -0.15) is 0 Å². The average molecular weight is 301 g/mol. The van der Waals surface area contributed by atoms with Crippen LogP contribution in [0.1, 0.15) is 30.7 Å². The normalized spacial score (nSPS) is 17.7. The molecule has 0 amide bonds. The second kappa shape index (κ2) is 7.13. The van der Waals surface area contributed by atoms with E-state index in [-0.39, 0.29) is 6.61 Å². The van der Waals surface area contributed by atoms with Gasteiger partial charge < -0.3 is 10.2 Å². The lowest BCUT2D eigenvalue weighted by atomic mass is 10.1. The van der Waals surface area contributed by atoms with Crippen molar-refractivity contribution in [1.82, 2.24) is 14.9 Å². The van der Waals surface area contributed by atoms with Crippen molar-refractivity contribution in [3.05, 3.63) is 35.7 Å². The van der Waals surface area contributed by atoms with Crippen molar-refractivity contribution >= 4 is 11.0 Å². The van der Waals surface area contributed by atoms with Gasteiger partial charge in [0.15, 0.2) is 0 Å². The molecule has 2 heterocycles. The van der Waals surface area contributed by atoms with Crippen molar-refractivity contribution in [1.29, 1.82) is 0 Å². The Bertz CT molecular complexity index is 626. The van der Waals surface area contributed by atoms with Gasteiger partial charge in [0.2, 0.25) is 0 Å². The molecule has 3 rings (SSSR count). The first kappa shape index (κ1) is 15.3. The molecule has 5 heteroatoms. The molecule has 1 saturated heterocycles. The SMILES string of the molecule is OC[C@H](O)Cc1nc2ccccc2nc1CN1CCCCC1. The van der Waals surface area contributed by atoms with Crippen molar-refractivity contribution < 1.29 is 10.2 Å². The third-order valence-electron chi connectivity index (χ3n) is 4.19. The maximum absolute atomic E-state index is 9.78. The molecule has 0 radical (unpaired) electrons. The van der Waals surface area contributed by atoms with E-state index in [1.807, 2.05) is 24.3 Å². The van der Waals surface area contributed by atoms with Crippen LogP contribution in [0, 0.1) is 0 Å². The number of benzene rings is 1. The Morgan fingerprint density at radius 1 is 1.00 bits per heavy atom. The minimum absolute atomic E-state index is 0.252. The second-order valence-corrected chi connectivity index (χ2v) is 5.98. The molecule has 118 valence electrons. The van der Waals surface area contributed by atoms with Crippen molar-refractivity contribution in [2.45, 2.75) is 38.3 Å². The molecule has 1 aliphatic heterocycles. The Kier molecular flexibility index (Phi) is 4.97. The van der Waals surface area contributed by atoms with E-state index >= 15 is 0 Å². The Hall–Kier alpha value is -1.56. The number of piperidine rings is 1. The molecule has 2 aromatic rings. The first-order chi connectivity index (χ1) is 10.8. The van der Waals surface area contributed by atoms with Crippen LogP contribution < -0.4 is 0 Å². The lowest BCUT2D eigenvalue weighted by molar-refractivity contribution is 0.0942. The summed E-state index contributed by atoms with van der Waals surface area (Å²) in [7, 11) is 0. The monoisotopic (exact) mass is 301 g/mol. The quantitative estimate of drug-likeness (QED) is 0.876. The molecule has 22 heavy (non-hydrogen) atoms. The summed E-state index contributed by atoms with van der Waals surface area (Å²) in [5.74, 6) is 0. The maximum atomic E-state index is 9.78. The first-order valence-electron chi connectivity index (χ1n) is 8.02. The van der Waals surface area contributed by atoms with E-state index in [2.05, 4.69) is 9.88 Å². The molecule has 1 atom stereocenters. The molecule has 1 fully saturated rings. The van der Waals surface area contributed by atoms with E-state index in [9.17, 15) is 5.11 Å². The summed E-state index contributed by atoms with van der Waals surface area (Å²) in [6.07, 6.45) is 3.33. The van der Waals surface area contributed by atoms with Crippen LogP contribution in [0.15, 0.2) is 24.3 Å². The molecule has 0 aliphatic carbocycles. The Balaban J connectivity index is 1.91. The van der Waals surface area contributed by atoms with Crippen LogP contribution in [0.4, 0.5) is 0 Å². The number of likely N-dealkylation sites (tertiary alicyclic amines) is 1. The number of nitrogens with zero attached hydrogens (tertiary/aromatic N) is 3. The van der Waals surface area contributed by atoms with Crippen LogP contribution >= 0.6 is 0 Å². The van der Waals surface area contributed by atoms with Crippen molar-refractivity contribution in [2.75, 3.05) is 19.7 Å². The van der Waals surface area contributed by atoms with Crippen molar-refractivity contribution in [2.24, 2.45) is 0 Å². The van der Waals surface area contributed by atoms with Crippen LogP contribution in [-0.2, 0) is 13.0 Å². The van der Waals surface area contributed by atoms with Gasteiger partial charge in [-0.15, -0.1) is 0 Å². The highest BCUT2D eigenvalue weighted by Gasteiger charge is 2.17. The fourth-order valence-electron chi connectivity index (χ4n) is 2.98. The van der Waals surface area contributed by atoms with Crippen LogP contribution in [0.2, 0.25) is 0 Å². The third kappa shape index (κ3) is 3.61. The standard InChI is InChI=1S/C17H23N3O2/c21-12-13(22)10-16-17(11-20-8-4-1-5-9-20)19-15-7-3-2-6-14(15)18-16/h2-3,6-7,13,21-22H,1,4-5,8-12H2/t13-/m1/s1. The summed E-state index contributed by atoms with van der Waals surface area (Å²) in [5, 5.41) is 18.9. The Labute approximate surface area is 130 Å². The number of fused-ring (bicyclic) bond motifs is 1. The van der Waals surface area contributed by atoms with E-state index in [1.165, 1.54) is 19.3 Å². The van der Waals surface area contributed by atoms with E-state index in [4.69, 9.17) is 10.1 Å². The van der Waals surface area contributed by atoms with E-state index < -0.39 is 6.10 Å². The van der Waals surface area contributed by atoms with Gasteiger partial charge in [0.25, 0.3) is 0 Å². The topological polar surface area (TPSA) is 69.5 Å². The molecular weight excluding hydrogens is 278 g/mol. The summed E-state index contributed by atoms with van der Waals surface area (Å²) in [5.41, 5.74) is 3.45. The highest BCUT2D eigenvalue weighted by Crippen LogP contribution is 2.18. The lowest BCUT2D eigenvalue weighted by Crippen LogP contribution is -2.30. The number of hydrogen-bond acceptors (Lipinski definition) is 5. The van der Waals surface area contributed by atoms with Crippen LogP contribution in [0.25, 0.3) is 11.0 Å². The zero-order valence-electron chi connectivity index (χ0n) is 12.8. The average Bonchev–Trinajstić information content (AvgIpc) is 2.56. The molecule has 5 nitrogen and oxygen atoms in total. The molecule has 0 bridgehead atoms. The maximum Gasteiger partial charge on any atom is 0.0890 e. The highest BCUT2D eigenvalue weighted by atomic mass is 16.3. The van der Waals surface area contributed by atoms with Gasteiger partial charge in [-0.3, -0.25) is 4.90 Å². The van der Waals surface area contributed by atoms with Gasteiger partial charge in [0.05, 0.1) is 35.1 Å². The molecule has 1 aromatic carbocycles. The lowest BCUT2D eigenvalue weighted by Gasteiger charge is -2.26. The number of para-hydroxylation sites is 2. The number of aromatic nitrogens is 2. The van der Waals surface area contributed by atoms with Crippen LogP contribution in [0.5, 0.6) is 0 Å². The fraction of sp³-hybridized carbons (Fsp3) is 0.529. The zero-order valence-corrected chi connectivity index (χ0v) is 12.8. The van der Waals surface area contributed by atoms with Gasteiger partial charge in [0.1, 0.15) is 0 Å². The summed E-state index contributed by atoms with van der Waals surface area (Å²) in [6, 6.07) is 7.80. The highest BCUT2D eigenvalue weighted by molar-refractivity contribution is 5.74. The predicted octanol–water partition coefficient (Wildman–Crippen LogP) is 1.51. The molecular formula is C17H23N3O2. The molecule has 0 saturated carbocycles. The Morgan fingerprint density at radius 3 is 2.27 bits per heavy atom. The van der Waals surface area contributed by atoms with Crippen LogP contribution in [-0.4, -0.2) is 50.9 Å². The van der Waals surface area contributed by atoms with Crippen molar-refractivity contribution in [3.8, 4) is 0 Å². The van der Waals surface area contributed by atoms with Gasteiger partial charge in [-0.25, -0.2) is 9.97 Å². The fourth-order valence-corrected chi connectivity index (χ4v) is 2.98. The number of rotatable bonds is 5. The number of aliphatic hydroxyl groups excluding tert-OH is 2. The molecule has 0 spiro atoms. The smallest absolute Gasteiger partial charge is 0.0890 e. The molecule has 0 unspecified atom stereocenters. The molecule has 1 aromatic heterocycles. The number of aliphatic hydroxyl groups is 2. The summed E-state index contributed by atoms with van der Waals surface area (Å²) >= 11 is 0. The van der Waals surface area contributed by atoms with Gasteiger partial charge in [-0.05, 0) is 38.1 Å². The largest absolute Gasteiger partial charge is 0.394 e. The predicted molar refractivity (Wildman–Crippen MR) is 85.5 cm³/mol. The van der Waals surface area contributed by atoms with Gasteiger partial charge in [-0.1, -0.05) is 18.6 Å². The van der Waals surface area contributed by atoms with Crippen LogP contribution in [0.3, 0.4) is 0 Å². The Morgan fingerprint density at radius 2 is 1.64 bits per heavy atom. The summed E-state index contributed by atoms with van der Waals surface area (Å²) < 4.78 is 0. The minimum Gasteiger partial charge on any atom is -0.394 e. The second-order valence-electron chi connectivity index (χ2n) is 5.98. The number of hydrogen-bond donors (Lipinski definition) is 2. The minimum atomic E-state index is -0.782. The third-order valence-corrected chi connectivity index (χ3v) is 4.19.